The zero-order valence-electron chi connectivity index (χ0n) is 8.78. The summed E-state index contributed by atoms with van der Waals surface area (Å²) in [6.45, 7) is 0. The van der Waals surface area contributed by atoms with Gasteiger partial charge in [-0.15, -0.1) is 0 Å². The first kappa shape index (κ1) is 15.7. The minimum atomic E-state index is -4.58. The molecule has 16 heavy (non-hydrogen) atoms. The molecule has 0 saturated carbocycles. The van der Waals surface area contributed by atoms with Crippen molar-refractivity contribution in [1.82, 2.24) is 0 Å². The first-order valence-electron chi connectivity index (χ1n) is 3.87. The van der Waals surface area contributed by atoms with Gasteiger partial charge in [0.05, 0.1) is 7.11 Å². The molecule has 1 radical (unpaired) electrons. The molecule has 1 atom stereocenters. The number of aliphatic hydroxyl groups excluding tert-OH is 1. The van der Waals surface area contributed by atoms with Gasteiger partial charge in [0.15, 0.2) is 11.5 Å². The van der Waals surface area contributed by atoms with Gasteiger partial charge in [0.25, 0.3) is 10.1 Å². The van der Waals surface area contributed by atoms with Crippen molar-refractivity contribution in [2.75, 3.05) is 7.11 Å². The smallest absolute Gasteiger partial charge is 0.296 e. The van der Waals surface area contributed by atoms with E-state index >= 15 is 0 Å². The molecule has 0 saturated heterocycles. The van der Waals surface area contributed by atoms with E-state index in [-0.39, 0.29) is 46.6 Å². The Morgan fingerprint density at radius 3 is 2.38 bits per heavy atom. The average Bonchev–Trinajstić information content (AvgIpc) is 2.16. The first-order valence-corrected chi connectivity index (χ1v) is 5.38. The molecule has 85 valence electrons. The van der Waals surface area contributed by atoms with Crippen LogP contribution in [0.25, 0.3) is 0 Å². The van der Waals surface area contributed by atoms with E-state index in [2.05, 4.69) is 0 Å². The Hall–Kier alpha value is -0.310. The van der Waals surface area contributed by atoms with Gasteiger partial charge < -0.3 is 14.9 Å². The van der Waals surface area contributed by atoms with Crippen molar-refractivity contribution in [3.63, 3.8) is 0 Å². The van der Waals surface area contributed by atoms with Crippen LogP contribution in [0.1, 0.15) is 11.0 Å². The molecule has 0 heterocycles. The van der Waals surface area contributed by atoms with E-state index in [1.54, 1.807) is 0 Å². The molecule has 0 bridgehead atoms. The molecule has 8 heteroatoms. The number of rotatable bonds is 3. The van der Waals surface area contributed by atoms with E-state index in [1.165, 1.54) is 7.11 Å². The Balaban J connectivity index is 0.00000225. The van der Waals surface area contributed by atoms with Crippen LogP contribution in [0, 0.1) is 0 Å². The third kappa shape index (κ3) is 3.62. The van der Waals surface area contributed by atoms with Crippen molar-refractivity contribution in [1.29, 1.82) is 0 Å². The van der Waals surface area contributed by atoms with Crippen molar-refractivity contribution in [3.05, 3.63) is 23.8 Å². The molecule has 0 aliphatic rings. The van der Waals surface area contributed by atoms with Gasteiger partial charge in [-0.3, -0.25) is 4.55 Å². The summed E-state index contributed by atoms with van der Waals surface area (Å²) in [5.74, 6) is -0.181. The third-order valence-electron chi connectivity index (χ3n) is 1.77. The van der Waals surface area contributed by atoms with Crippen LogP contribution in [0.2, 0.25) is 0 Å². The topological polar surface area (TPSA) is 104 Å². The van der Waals surface area contributed by atoms with Crippen LogP contribution in [0.15, 0.2) is 18.2 Å². The van der Waals surface area contributed by atoms with Gasteiger partial charge in [0, 0.05) is 35.1 Å². The fourth-order valence-corrected chi connectivity index (χ4v) is 1.51. The van der Waals surface area contributed by atoms with Crippen molar-refractivity contribution in [2.24, 2.45) is 0 Å². The van der Waals surface area contributed by atoms with Gasteiger partial charge in [-0.05, 0) is 12.1 Å². The number of hydrogen-bond acceptors (Lipinski definition) is 5. The standard InChI is InChI=1S/C8H10O6S.Na/c1-14-7-4-5(2-3-6(7)9)8(10)15(11,12)13;/h2-4,8-10H,1H3,(H,11,12,13);. The number of aromatic hydroxyl groups is 1. The zero-order valence-corrected chi connectivity index (χ0v) is 11.6. The summed E-state index contributed by atoms with van der Waals surface area (Å²) < 4.78 is 34.5. The summed E-state index contributed by atoms with van der Waals surface area (Å²) in [5.41, 5.74) is -2.14. The summed E-state index contributed by atoms with van der Waals surface area (Å²) in [7, 11) is -3.30. The number of hydrogen-bond donors (Lipinski definition) is 3. The average molecular weight is 257 g/mol. The van der Waals surface area contributed by atoms with Gasteiger partial charge in [-0.2, -0.15) is 8.42 Å². The Morgan fingerprint density at radius 1 is 1.38 bits per heavy atom. The molecule has 1 unspecified atom stereocenters. The third-order valence-corrected chi connectivity index (χ3v) is 2.61. The Bertz CT molecular complexity index is 458. The zero-order chi connectivity index (χ0) is 11.6. The fraction of sp³-hybridized carbons (Fsp3) is 0.250. The molecule has 1 rings (SSSR count). The molecule has 0 aliphatic carbocycles. The minimum Gasteiger partial charge on any atom is -0.504 e. The van der Waals surface area contributed by atoms with Gasteiger partial charge in [-0.25, -0.2) is 0 Å². The normalized spacial score (nSPS) is 12.7. The van der Waals surface area contributed by atoms with Crippen LogP contribution in [0.5, 0.6) is 11.5 Å². The Morgan fingerprint density at radius 2 is 1.94 bits per heavy atom. The number of aliphatic hydroxyl groups is 1. The molecule has 0 aromatic heterocycles. The molecule has 0 spiro atoms. The Labute approximate surface area is 115 Å². The number of phenols is 1. The summed E-state index contributed by atoms with van der Waals surface area (Å²) in [4.78, 5) is 0. The van der Waals surface area contributed by atoms with E-state index < -0.39 is 15.6 Å². The van der Waals surface area contributed by atoms with Crippen LogP contribution >= 0.6 is 0 Å². The molecule has 0 amide bonds. The number of methoxy groups -OCH3 is 1. The number of ether oxygens (including phenoxy) is 1. The maximum atomic E-state index is 10.6. The van der Waals surface area contributed by atoms with Crippen molar-refractivity contribution in [3.8, 4) is 11.5 Å². The van der Waals surface area contributed by atoms with E-state index in [0.29, 0.717) is 0 Å². The molecule has 1 aromatic carbocycles. The van der Waals surface area contributed by atoms with Crippen LogP contribution in [-0.4, -0.2) is 59.9 Å². The van der Waals surface area contributed by atoms with Gasteiger partial charge in [0.2, 0.25) is 5.44 Å². The summed E-state index contributed by atoms with van der Waals surface area (Å²) in [6, 6.07) is 3.44. The molecular formula is C8H10NaO6S. The molecule has 1 aromatic rings. The van der Waals surface area contributed by atoms with E-state index in [9.17, 15) is 18.6 Å². The van der Waals surface area contributed by atoms with E-state index in [0.717, 1.165) is 18.2 Å². The second-order valence-electron chi connectivity index (χ2n) is 2.80. The predicted molar refractivity (Wildman–Crippen MR) is 56.9 cm³/mol. The second kappa shape index (κ2) is 5.85. The van der Waals surface area contributed by atoms with Gasteiger partial charge in [0.1, 0.15) is 0 Å². The van der Waals surface area contributed by atoms with Crippen LogP contribution in [-0.2, 0) is 10.1 Å². The van der Waals surface area contributed by atoms with Crippen molar-refractivity contribution >= 4 is 39.7 Å². The molecule has 3 N–H and O–H groups in total. The molecule has 6 nitrogen and oxygen atoms in total. The monoisotopic (exact) mass is 257 g/mol. The van der Waals surface area contributed by atoms with Crippen molar-refractivity contribution < 1.29 is 27.9 Å². The second-order valence-corrected chi connectivity index (χ2v) is 4.28. The van der Waals surface area contributed by atoms with Crippen LogP contribution in [0.3, 0.4) is 0 Å². The van der Waals surface area contributed by atoms with Gasteiger partial charge in [-0.1, -0.05) is 6.07 Å². The maximum absolute atomic E-state index is 10.6. The van der Waals surface area contributed by atoms with E-state index in [4.69, 9.17) is 9.29 Å². The summed E-state index contributed by atoms with van der Waals surface area (Å²) in [5, 5.41) is 18.4. The fourth-order valence-electron chi connectivity index (χ4n) is 1.02. The number of benzene rings is 1. The van der Waals surface area contributed by atoms with Crippen LogP contribution < -0.4 is 4.74 Å². The predicted octanol–water partition coefficient (Wildman–Crippen LogP) is -0.101. The van der Waals surface area contributed by atoms with E-state index in [1.807, 2.05) is 0 Å². The van der Waals surface area contributed by atoms with Gasteiger partial charge >= 0.3 is 0 Å². The molecular weight excluding hydrogens is 247 g/mol. The largest absolute Gasteiger partial charge is 0.504 e. The number of phenolic OH excluding ortho intramolecular Hbond substituents is 1. The molecule has 0 aliphatic heterocycles. The Kier molecular flexibility index (Phi) is 5.74. The molecule has 0 fully saturated rings. The maximum Gasteiger partial charge on any atom is 0.296 e. The SMILES string of the molecule is COc1cc(C(O)S(=O)(=O)O)ccc1O.[Na]. The van der Waals surface area contributed by atoms with Crippen LogP contribution in [0.4, 0.5) is 0 Å². The van der Waals surface area contributed by atoms with Crippen molar-refractivity contribution in [2.45, 2.75) is 5.44 Å². The quantitative estimate of drug-likeness (QED) is 0.516. The summed E-state index contributed by atoms with van der Waals surface area (Å²) >= 11 is 0. The minimum absolute atomic E-state index is 0. The summed E-state index contributed by atoms with van der Waals surface area (Å²) in [6.07, 6.45) is 0. The first-order chi connectivity index (χ1) is 6.86.